The fraction of sp³-hybridized carbons (Fsp3) is 0.0735. The van der Waals surface area contributed by atoms with E-state index in [1.807, 2.05) is 117 Å². The molecule has 3 aromatic heterocycles. The molecule has 0 saturated carbocycles. The van der Waals surface area contributed by atoms with Crippen molar-refractivity contribution >= 4 is 144 Å². The van der Waals surface area contributed by atoms with Crippen LogP contribution < -0.4 is 19.1 Å². The molecular formula is C68H58BrCl2FN10O6S3. The topological polar surface area (TPSA) is 228 Å². The van der Waals surface area contributed by atoms with Crippen molar-refractivity contribution in [2.45, 2.75) is 14.7 Å². The van der Waals surface area contributed by atoms with Gasteiger partial charge in [0.1, 0.15) is 23.3 Å². The van der Waals surface area contributed by atoms with Crippen LogP contribution in [-0.2, 0) is 30.1 Å². The maximum Gasteiger partial charge on any atom is 0.240 e. The van der Waals surface area contributed by atoms with Crippen LogP contribution in [0.25, 0.3) is 103 Å². The van der Waals surface area contributed by atoms with Crippen molar-refractivity contribution < 1.29 is 29.6 Å². The number of imidazole rings is 3. The first-order chi connectivity index (χ1) is 43.6. The maximum atomic E-state index is 13.4. The van der Waals surface area contributed by atoms with Gasteiger partial charge in [0.05, 0.1) is 62.3 Å². The standard InChI is InChI=1S/C24H24N4O2S.C22H17BrFN3O2S.C22H17Cl2N3O2S/c1-25-31(29,30)23-7-5-4-6-20(23)18-11-14-21-22(16-18)27-24(26-21)15-10-17-8-12-19(13-9-17)28(2)3;1-25-30(28,29)21-5-3-2-4-16(21)15-8-10-19-20(13-15)27-22(26-19)11-7-14-6-9-18(24)17(23)12-14;1-25-30(28,29)21-5-3-2-4-16(21)15-8-10-19-20(13-15)27-22(26-19)11-7-14-6-9-17(23)18(24)12-14/h4-16,25H,1-3H3,(H,26,27);2*2-13,25H,1H3,(H,26,27)/b15-10+;2*11-7+. The van der Waals surface area contributed by atoms with E-state index in [9.17, 15) is 29.6 Å². The molecule has 0 fully saturated rings. The van der Waals surface area contributed by atoms with Gasteiger partial charge in [-0.15, -0.1) is 0 Å². The number of fused-ring (bicyclic) bond motifs is 3. The van der Waals surface area contributed by atoms with E-state index in [1.165, 1.54) is 27.2 Å². The molecule has 0 atom stereocenters. The molecule has 0 aliphatic heterocycles. The Bertz CT molecular complexity index is 4920. The number of aromatic nitrogens is 6. The first-order valence-corrected chi connectivity index (χ1v) is 33.9. The molecule has 462 valence electrons. The van der Waals surface area contributed by atoms with Gasteiger partial charge in [0.2, 0.25) is 30.1 Å². The molecule has 16 nitrogen and oxygen atoms in total. The van der Waals surface area contributed by atoms with Crippen LogP contribution in [-0.4, -0.2) is 90.4 Å². The molecule has 3 heterocycles. The molecule has 0 radical (unpaired) electrons. The molecule has 0 bridgehead atoms. The van der Waals surface area contributed by atoms with E-state index in [2.05, 4.69) is 89.2 Å². The third-order valence-corrected chi connectivity index (χ3v) is 20.1. The van der Waals surface area contributed by atoms with Gasteiger partial charge in [0.15, 0.2) is 0 Å². The normalized spacial score (nSPS) is 12.1. The van der Waals surface area contributed by atoms with Crippen LogP contribution in [0.2, 0.25) is 10.0 Å². The molecule has 0 unspecified atom stereocenters. The molecule has 0 aliphatic carbocycles. The van der Waals surface area contributed by atoms with Crippen molar-refractivity contribution in [3.63, 3.8) is 0 Å². The monoisotopic (exact) mass is 1370 g/mol. The summed E-state index contributed by atoms with van der Waals surface area (Å²) in [7, 11) is -2.50. The minimum atomic E-state index is -3.59. The second kappa shape index (κ2) is 28.1. The Balaban J connectivity index is 0.000000150. The number of anilines is 1. The lowest BCUT2D eigenvalue weighted by atomic mass is 10.1. The van der Waals surface area contributed by atoms with Crippen molar-refractivity contribution in [2.75, 3.05) is 40.1 Å². The fourth-order valence-corrected chi connectivity index (χ4v) is 13.2. The number of sulfonamides is 3. The van der Waals surface area contributed by atoms with E-state index < -0.39 is 30.1 Å². The number of nitrogens with zero attached hydrogens (tertiary/aromatic N) is 4. The van der Waals surface area contributed by atoms with Gasteiger partial charge in [-0.25, -0.2) is 58.8 Å². The van der Waals surface area contributed by atoms with Crippen molar-refractivity contribution in [3.8, 4) is 33.4 Å². The summed E-state index contributed by atoms with van der Waals surface area (Å²) in [6, 6.07) is 56.0. The molecule has 91 heavy (non-hydrogen) atoms. The summed E-state index contributed by atoms with van der Waals surface area (Å²) in [6.07, 6.45) is 11.3. The molecule has 0 aliphatic rings. The van der Waals surface area contributed by atoms with Crippen molar-refractivity contribution in [3.05, 3.63) is 243 Å². The first-order valence-electron chi connectivity index (χ1n) is 27.9. The van der Waals surface area contributed by atoms with Crippen molar-refractivity contribution in [2.24, 2.45) is 0 Å². The highest BCUT2D eigenvalue weighted by Crippen LogP contribution is 2.33. The second-order valence-corrected chi connectivity index (χ2v) is 27.7. The lowest BCUT2D eigenvalue weighted by Gasteiger charge is -2.11. The van der Waals surface area contributed by atoms with Crippen LogP contribution >= 0.6 is 39.1 Å². The Morgan fingerprint density at radius 1 is 0.429 bits per heavy atom. The molecular weight excluding hydrogens is 1320 g/mol. The van der Waals surface area contributed by atoms with Gasteiger partial charge in [-0.2, -0.15) is 0 Å². The summed E-state index contributed by atoms with van der Waals surface area (Å²) in [5, 5.41) is 0.994. The predicted octanol–water partition coefficient (Wildman–Crippen LogP) is 15.2. The van der Waals surface area contributed by atoms with Gasteiger partial charge < -0.3 is 19.9 Å². The zero-order chi connectivity index (χ0) is 64.6. The Kier molecular flexibility index (Phi) is 20.1. The lowest BCUT2D eigenvalue weighted by molar-refractivity contribution is 0.587. The van der Waals surface area contributed by atoms with Crippen LogP contribution in [0.15, 0.2) is 207 Å². The van der Waals surface area contributed by atoms with Crippen molar-refractivity contribution in [1.82, 2.24) is 44.1 Å². The van der Waals surface area contributed by atoms with Gasteiger partial charge in [0, 0.05) is 36.5 Å². The third kappa shape index (κ3) is 15.5. The minimum absolute atomic E-state index is 0.216. The molecule has 12 aromatic rings. The Morgan fingerprint density at radius 3 is 1.14 bits per heavy atom. The molecule has 23 heteroatoms. The van der Waals surface area contributed by atoms with Gasteiger partial charge in [0.25, 0.3) is 0 Å². The minimum Gasteiger partial charge on any atom is -0.378 e. The maximum absolute atomic E-state index is 13.4. The van der Waals surface area contributed by atoms with Crippen LogP contribution in [0.3, 0.4) is 0 Å². The third-order valence-electron chi connectivity index (χ3n) is 14.4. The average molecular weight is 1380 g/mol. The summed E-state index contributed by atoms with van der Waals surface area (Å²) < 4.78 is 95.2. The highest BCUT2D eigenvalue weighted by molar-refractivity contribution is 9.10. The second-order valence-electron chi connectivity index (χ2n) is 20.5. The number of halogens is 4. The molecule has 0 saturated heterocycles. The SMILES string of the molecule is CNS(=O)(=O)c1ccccc1-c1ccc2nc(/C=C/c3ccc(Cl)c(Cl)c3)[nH]c2c1.CNS(=O)(=O)c1ccccc1-c1ccc2nc(/C=C/c3ccc(F)c(Br)c3)[nH]c2c1.CNS(=O)(=O)c1ccccc1-c1ccc2nc(/C=C/c3ccc(N(C)C)cc3)[nH]c2c1. The Hall–Kier alpha value is -8.87. The first kappa shape index (κ1) is 65.1. The van der Waals surface area contributed by atoms with Crippen LogP contribution in [0.1, 0.15) is 34.2 Å². The molecule has 9 aromatic carbocycles. The summed E-state index contributed by atoms with van der Waals surface area (Å²) in [5.41, 5.74) is 13.0. The highest BCUT2D eigenvalue weighted by atomic mass is 79.9. The van der Waals surface area contributed by atoms with Gasteiger partial charge in [-0.05, 0) is 180 Å². The number of H-pyrrole nitrogens is 3. The summed E-state index contributed by atoms with van der Waals surface area (Å²) >= 11 is 15.2. The van der Waals surface area contributed by atoms with Crippen LogP contribution in [0.5, 0.6) is 0 Å². The summed E-state index contributed by atoms with van der Waals surface area (Å²) in [4.78, 5) is 26.2. The number of aromatic amines is 3. The van der Waals surface area contributed by atoms with E-state index >= 15 is 0 Å². The Labute approximate surface area is 545 Å². The number of hydrogen-bond acceptors (Lipinski definition) is 10. The van der Waals surface area contributed by atoms with Gasteiger partial charge in [-0.1, -0.05) is 138 Å². The highest BCUT2D eigenvalue weighted by Gasteiger charge is 2.21. The van der Waals surface area contributed by atoms with E-state index in [0.717, 1.165) is 78.0 Å². The zero-order valence-electron chi connectivity index (χ0n) is 49.3. The van der Waals surface area contributed by atoms with Crippen LogP contribution in [0, 0.1) is 5.82 Å². The van der Waals surface area contributed by atoms with Gasteiger partial charge >= 0.3 is 0 Å². The number of nitrogens with one attached hydrogen (secondary N) is 6. The lowest BCUT2D eigenvalue weighted by Crippen LogP contribution is -2.19. The fourth-order valence-electron chi connectivity index (χ4n) is 9.62. The van der Waals surface area contributed by atoms with Gasteiger partial charge in [-0.3, -0.25) is 0 Å². The smallest absolute Gasteiger partial charge is 0.240 e. The van der Waals surface area contributed by atoms with Crippen molar-refractivity contribution in [1.29, 1.82) is 0 Å². The average Bonchev–Trinajstić information content (AvgIpc) is 3.40. The quantitative estimate of drug-likeness (QED) is 0.0536. The van der Waals surface area contributed by atoms with E-state index in [1.54, 1.807) is 91.0 Å². The van der Waals surface area contributed by atoms with E-state index in [-0.39, 0.29) is 20.5 Å². The van der Waals surface area contributed by atoms with Crippen LogP contribution in [0.4, 0.5) is 10.1 Å². The molecule has 0 spiro atoms. The predicted molar refractivity (Wildman–Crippen MR) is 371 cm³/mol. The van der Waals surface area contributed by atoms with E-state index in [0.29, 0.717) is 42.9 Å². The zero-order valence-corrected chi connectivity index (χ0v) is 54.9. The van der Waals surface area contributed by atoms with E-state index in [4.69, 9.17) is 23.2 Å². The summed E-state index contributed by atoms with van der Waals surface area (Å²) in [6.45, 7) is 0. The molecule has 6 N–H and O–H groups in total. The number of hydrogen-bond donors (Lipinski definition) is 6. The largest absolute Gasteiger partial charge is 0.378 e. The molecule has 0 amide bonds. The summed E-state index contributed by atoms with van der Waals surface area (Å²) in [5.74, 6) is 1.73. The number of benzene rings is 9. The number of rotatable bonds is 16. The Morgan fingerprint density at radius 2 is 0.780 bits per heavy atom. The molecule has 12 rings (SSSR count).